The summed E-state index contributed by atoms with van der Waals surface area (Å²) in [5.41, 5.74) is 2.38. The van der Waals surface area contributed by atoms with Crippen molar-refractivity contribution in [1.29, 1.82) is 0 Å². The van der Waals surface area contributed by atoms with Gasteiger partial charge < -0.3 is 24.4 Å². The quantitative estimate of drug-likeness (QED) is 0.400. The summed E-state index contributed by atoms with van der Waals surface area (Å²) in [5, 5.41) is 3.41. The minimum Gasteiger partial charge on any atom is -0.378 e. The molecule has 0 aliphatic carbocycles. The number of hydrogen-bond acceptors (Lipinski definition) is 4. The molecule has 2 aromatic rings. The van der Waals surface area contributed by atoms with Gasteiger partial charge in [0, 0.05) is 58.9 Å². The third kappa shape index (κ3) is 5.83. The Morgan fingerprint density at radius 3 is 2.67 bits per heavy atom. The molecule has 0 spiro atoms. The first-order chi connectivity index (χ1) is 12.7. The average molecular weight is 484 g/mol. The van der Waals surface area contributed by atoms with Gasteiger partial charge in [-0.05, 0) is 23.8 Å². The fraction of sp³-hybridized carbons (Fsp3) is 0.474. The molecule has 1 N–H and O–H groups in total. The van der Waals surface area contributed by atoms with E-state index < -0.39 is 0 Å². The van der Waals surface area contributed by atoms with Crippen molar-refractivity contribution in [3.63, 3.8) is 0 Å². The molecule has 148 valence electrons. The van der Waals surface area contributed by atoms with Crippen LogP contribution >= 0.6 is 24.0 Å². The summed E-state index contributed by atoms with van der Waals surface area (Å²) in [7, 11) is 5.91. The van der Waals surface area contributed by atoms with Crippen LogP contribution in [0.3, 0.4) is 0 Å². The van der Waals surface area contributed by atoms with Crippen LogP contribution in [0.1, 0.15) is 11.3 Å². The first-order valence-electron chi connectivity index (χ1n) is 8.97. The Kier molecular flexibility index (Phi) is 8.36. The van der Waals surface area contributed by atoms with Crippen molar-refractivity contribution in [2.75, 3.05) is 45.3 Å². The number of morpholine rings is 1. The van der Waals surface area contributed by atoms with Crippen molar-refractivity contribution in [1.82, 2.24) is 19.8 Å². The third-order valence-corrected chi connectivity index (χ3v) is 4.62. The molecule has 3 rings (SSSR count). The number of aliphatic imine (C=N–C) groups is 1. The van der Waals surface area contributed by atoms with Gasteiger partial charge in [0.15, 0.2) is 5.96 Å². The van der Waals surface area contributed by atoms with E-state index >= 15 is 0 Å². The summed E-state index contributed by atoms with van der Waals surface area (Å²) >= 11 is 0. The molecule has 0 amide bonds. The Morgan fingerprint density at radius 1 is 1.30 bits per heavy atom. The molecule has 1 fully saturated rings. The van der Waals surface area contributed by atoms with Gasteiger partial charge >= 0.3 is 0 Å². The number of hydrogen-bond donors (Lipinski definition) is 1. The minimum atomic E-state index is 0. The Morgan fingerprint density at radius 2 is 2.07 bits per heavy atom. The number of halogens is 1. The minimum absolute atomic E-state index is 0. The lowest BCUT2D eigenvalue weighted by molar-refractivity contribution is 0.122. The summed E-state index contributed by atoms with van der Waals surface area (Å²) in [6, 6.07) is 8.38. The van der Waals surface area contributed by atoms with Gasteiger partial charge in [-0.1, -0.05) is 6.07 Å². The lowest BCUT2D eigenvalue weighted by Crippen LogP contribution is -2.38. The smallest absolute Gasteiger partial charge is 0.194 e. The van der Waals surface area contributed by atoms with Crippen molar-refractivity contribution in [3.8, 4) is 0 Å². The molecule has 0 aromatic carbocycles. The molecule has 0 saturated carbocycles. The Balaban J connectivity index is 0.00000261. The number of aromatic nitrogens is 2. The fourth-order valence-corrected chi connectivity index (χ4v) is 3.05. The number of aryl methyl sites for hydroxylation is 1. The van der Waals surface area contributed by atoms with Crippen LogP contribution in [0.5, 0.6) is 0 Å². The summed E-state index contributed by atoms with van der Waals surface area (Å²) in [5.74, 6) is 1.88. The molecule has 1 aliphatic heterocycles. The number of guanidine groups is 1. The van der Waals surface area contributed by atoms with E-state index in [-0.39, 0.29) is 24.0 Å². The Hall–Kier alpha value is -1.81. The van der Waals surface area contributed by atoms with Crippen LogP contribution in [0.15, 0.2) is 41.7 Å². The predicted octanol–water partition coefficient (Wildman–Crippen LogP) is 2.08. The molecule has 0 atom stereocenters. The van der Waals surface area contributed by atoms with E-state index in [9.17, 15) is 0 Å². The highest BCUT2D eigenvalue weighted by atomic mass is 127. The van der Waals surface area contributed by atoms with Crippen LogP contribution < -0.4 is 10.2 Å². The van der Waals surface area contributed by atoms with E-state index in [0.29, 0.717) is 6.54 Å². The molecule has 27 heavy (non-hydrogen) atoms. The maximum atomic E-state index is 5.39. The number of nitrogens with one attached hydrogen (secondary N) is 1. The molecule has 0 unspecified atom stereocenters. The summed E-state index contributed by atoms with van der Waals surface area (Å²) in [6.07, 6.45) is 3.99. The first kappa shape index (κ1) is 21.5. The van der Waals surface area contributed by atoms with Gasteiger partial charge in [-0.3, -0.25) is 4.99 Å². The zero-order valence-electron chi connectivity index (χ0n) is 16.3. The van der Waals surface area contributed by atoms with E-state index in [1.54, 1.807) is 0 Å². The molecule has 3 heterocycles. The van der Waals surface area contributed by atoms with Crippen LogP contribution in [-0.4, -0.2) is 60.8 Å². The van der Waals surface area contributed by atoms with Gasteiger partial charge in [-0.25, -0.2) is 4.98 Å². The molecule has 0 bridgehead atoms. The Bertz CT molecular complexity index is 724. The molecule has 1 saturated heterocycles. The van der Waals surface area contributed by atoms with Crippen molar-refractivity contribution in [2.45, 2.75) is 13.1 Å². The average Bonchev–Trinajstić information content (AvgIpc) is 3.08. The Labute approximate surface area is 178 Å². The standard InChI is InChI=1S/C19H28N6O.HI/c1-20-19(24(3)15-17-5-4-8-23(17)2)22-14-16-6-7-18(21-13-16)25-9-11-26-12-10-25;/h4-8,13H,9-12,14-15H2,1-3H3,(H,20,22);1H. The fourth-order valence-electron chi connectivity index (χ4n) is 3.05. The molecule has 0 radical (unpaired) electrons. The molecular weight excluding hydrogens is 455 g/mol. The van der Waals surface area contributed by atoms with Gasteiger partial charge in [0.1, 0.15) is 5.82 Å². The lowest BCUT2D eigenvalue weighted by Gasteiger charge is -2.27. The van der Waals surface area contributed by atoms with Gasteiger partial charge in [0.2, 0.25) is 0 Å². The third-order valence-electron chi connectivity index (χ3n) is 4.62. The van der Waals surface area contributed by atoms with Crippen LogP contribution in [0.25, 0.3) is 0 Å². The van der Waals surface area contributed by atoms with Crippen LogP contribution in [0, 0.1) is 0 Å². The lowest BCUT2D eigenvalue weighted by atomic mass is 10.2. The van der Waals surface area contributed by atoms with Crippen LogP contribution in [-0.2, 0) is 24.9 Å². The zero-order valence-corrected chi connectivity index (χ0v) is 18.6. The van der Waals surface area contributed by atoms with Crippen molar-refractivity contribution >= 4 is 35.8 Å². The highest BCUT2D eigenvalue weighted by molar-refractivity contribution is 14.0. The maximum Gasteiger partial charge on any atom is 0.194 e. The number of anilines is 1. The van der Waals surface area contributed by atoms with Gasteiger partial charge in [-0.15, -0.1) is 24.0 Å². The summed E-state index contributed by atoms with van der Waals surface area (Å²) < 4.78 is 7.51. The monoisotopic (exact) mass is 484 g/mol. The highest BCUT2D eigenvalue weighted by Gasteiger charge is 2.12. The van der Waals surface area contributed by atoms with Crippen molar-refractivity contribution in [3.05, 3.63) is 47.9 Å². The van der Waals surface area contributed by atoms with E-state index in [4.69, 9.17) is 4.74 Å². The number of rotatable bonds is 5. The van der Waals surface area contributed by atoms with Crippen LogP contribution in [0.2, 0.25) is 0 Å². The predicted molar refractivity (Wildman–Crippen MR) is 120 cm³/mol. The number of ether oxygens (including phenoxy) is 1. The highest BCUT2D eigenvalue weighted by Crippen LogP contribution is 2.13. The SMILES string of the molecule is CN=C(NCc1ccc(N2CCOCC2)nc1)N(C)Cc1cccn1C.I. The van der Waals surface area contributed by atoms with Gasteiger partial charge in [0.25, 0.3) is 0 Å². The second kappa shape index (κ2) is 10.5. The molecule has 2 aromatic heterocycles. The van der Waals surface area contributed by atoms with E-state index in [0.717, 1.165) is 50.2 Å². The second-order valence-corrected chi connectivity index (χ2v) is 6.49. The van der Waals surface area contributed by atoms with E-state index in [2.05, 4.69) is 67.2 Å². The first-order valence-corrected chi connectivity index (χ1v) is 8.97. The van der Waals surface area contributed by atoms with E-state index in [1.165, 1.54) is 5.69 Å². The number of pyridine rings is 1. The maximum absolute atomic E-state index is 5.39. The normalized spacial score (nSPS) is 14.6. The van der Waals surface area contributed by atoms with E-state index in [1.807, 2.05) is 20.3 Å². The van der Waals surface area contributed by atoms with Gasteiger partial charge in [0.05, 0.1) is 19.8 Å². The topological polar surface area (TPSA) is 57.9 Å². The zero-order chi connectivity index (χ0) is 18.4. The second-order valence-electron chi connectivity index (χ2n) is 6.49. The molecule has 8 heteroatoms. The molecule has 1 aliphatic rings. The summed E-state index contributed by atoms with van der Waals surface area (Å²) in [4.78, 5) is 13.4. The van der Waals surface area contributed by atoms with Gasteiger partial charge in [-0.2, -0.15) is 0 Å². The molecular formula is C19H29IN6O. The van der Waals surface area contributed by atoms with Crippen LogP contribution in [0.4, 0.5) is 5.82 Å². The van der Waals surface area contributed by atoms with Crippen molar-refractivity contribution in [2.24, 2.45) is 12.0 Å². The van der Waals surface area contributed by atoms with Crippen molar-refractivity contribution < 1.29 is 4.74 Å². The summed E-state index contributed by atoms with van der Waals surface area (Å²) in [6.45, 7) is 4.85. The molecule has 7 nitrogen and oxygen atoms in total. The number of nitrogens with zero attached hydrogens (tertiary/aromatic N) is 5. The largest absolute Gasteiger partial charge is 0.378 e.